The van der Waals surface area contributed by atoms with Gasteiger partial charge in [0, 0.05) is 28.4 Å². The van der Waals surface area contributed by atoms with Gasteiger partial charge in [-0.3, -0.25) is 14.4 Å². The fourth-order valence-electron chi connectivity index (χ4n) is 3.35. The summed E-state index contributed by atoms with van der Waals surface area (Å²) in [5, 5.41) is 13.3. The number of anilines is 1. The van der Waals surface area contributed by atoms with Gasteiger partial charge in [-0.05, 0) is 41.6 Å². The van der Waals surface area contributed by atoms with Crippen molar-refractivity contribution in [2.24, 2.45) is 10.7 Å². The average Bonchev–Trinajstić information content (AvgIpc) is 3.22. The predicted molar refractivity (Wildman–Crippen MR) is 121 cm³/mol. The molecule has 31 heavy (non-hydrogen) atoms. The number of carbonyl (C=O) groups excluding carboxylic acids is 2. The second kappa shape index (κ2) is 8.49. The molecule has 8 nitrogen and oxygen atoms in total. The molecule has 1 aromatic heterocycles. The number of aromatic nitrogens is 1. The Kier molecular flexibility index (Phi) is 5.59. The van der Waals surface area contributed by atoms with E-state index in [4.69, 9.17) is 10.8 Å². The number of hydrogen-bond acceptors (Lipinski definition) is 5. The lowest BCUT2D eigenvalue weighted by molar-refractivity contribution is -0.136. The van der Waals surface area contributed by atoms with Gasteiger partial charge in [0.25, 0.3) is 5.91 Å². The number of nitrogens with two attached hydrogens (primary N) is 1. The predicted octanol–water partition coefficient (Wildman–Crippen LogP) is 2.84. The van der Waals surface area contributed by atoms with Crippen LogP contribution in [0, 0.1) is 0 Å². The molecule has 2 heterocycles. The van der Waals surface area contributed by atoms with Crippen molar-refractivity contribution in [2.75, 3.05) is 5.32 Å². The van der Waals surface area contributed by atoms with E-state index in [2.05, 4.69) is 10.3 Å². The van der Waals surface area contributed by atoms with E-state index in [9.17, 15) is 14.4 Å². The third kappa shape index (κ3) is 4.67. The molecule has 0 saturated heterocycles. The first-order valence-corrected chi connectivity index (χ1v) is 10.2. The van der Waals surface area contributed by atoms with Crippen molar-refractivity contribution >= 4 is 57.4 Å². The molecule has 4 rings (SSSR count). The number of rotatable bonds is 6. The van der Waals surface area contributed by atoms with Crippen LogP contribution in [0.2, 0.25) is 0 Å². The second-order valence-electron chi connectivity index (χ2n) is 6.92. The van der Waals surface area contributed by atoms with Gasteiger partial charge in [0.1, 0.15) is 6.54 Å². The Hall–Kier alpha value is -3.85. The maximum Gasteiger partial charge on any atom is 0.307 e. The van der Waals surface area contributed by atoms with E-state index in [1.807, 2.05) is 24.3 Å². The van der Waals surface area contributed by atoms with E-state index in [1.54, 1.807) is 41.1 Å². The zero-order valence-electron chi connectivity index (χ0n) is 16.2. The van der Waals surface area contributed by atoms with Crippen molar-refractivity contribution in [3.05, 3.63) is 70.8 Å². The number of hydrogen-bond donors (Lipinski definition) is 3. The number of carbonyl (C=O) groups is 3. The topological polar surface area (TPSA) is 127 Å². The standard InChI is InChI=1S/C22H18N4O4S/c23-19(27)12-26-11-14(16-6-1-2-7-17(16)26)10-18-21(30)25-22(31-18)24-15-5-3-4-13(8-15)9-20(28)29/h1-8,10-11H,9,12H2,(H2,23,27)(H,28,29)(H,24,25,30)/b18-10+. The maximum atomic E-state index is 12.4. The zero-order valence-corrected chi connectivity index (χ0v) is 17.1. The number of carboxylic acid groups (broad SMARTS) is 1. The summed E-state index contributed by atoms with van der Waals surface area (Å²) < 4.78 is 1.75. The summed E-state index contributed by atoms with van der Waals surface area (Å²) in [6, 6.07) is 14.5. The highest BCUT2D eigenvalue weighted by molar-refractivity contribution is 8.18. The van der Waals surface area contributed by atoms with E-state index < -0.39 is 11.9 Å². The highest BCUT2D eigenvalue weighted by atomic mass is 32.2. The quantitative estimate of drug-likeness (QED) is 0.512. The molecule has 3 aromatic rings. The molecule has 0 bridgehead atoms. The number of amidine groups is 1. The molecule has 1 aliphatic rings. The van der Waals surface area contributed by atoms with Crippen molar-refractivity contribution in [1.29, 1.82) is 0 Å². The van der Waals surface area contributed by atoms with Gasteiger partial charge in [-0.25, -0.2) is 0 Å². The van der Waals surface area contributed by atoms with Crippen molar-refractivity contribution in [3.8, 4) is 0 Å². The highest BCUT2D eigenvalue weighted by Gasteiger charge is 2.23. The first-order chi connectivity index (χ1) is 14.9. The van der Waals surface area contributed by atoms with Crippen molar-refractivity contribution < 1.29 is 19.5 Å². The number of primary amides is 1. The minimum Gasteiger partial charge on any atom is -0.481 e. The van der Waals surface area contributed by atoms with E-state index in [0.29, 0.717) is 21.3 Å². The number of benzene rings is 2. The summed E-state index contributed by atoms with van der Waals surface area (Å²) in [5.74, 6) is -1.74. The van der Waals surface area contributed by atoms with Gasteiger partial charge in [-0.2, -0.15) is 4.99 Å². The fraction of sp³-hybridized carbons (Fsp3) is 0.0909. The van der Waals surface area contributed by atoms with E-state index >= 15 is 0 Å². The number of nitrogens with zero attached hydrogens (tertiary/aromatic N) is 2. The number of fused-ring (bicyclic) bond motifs is 1. The number of carboxylic acids is 1. The summed E-state index contributed by atoms with van der Waals surface area (Å²) in [6.07, 6.45) is 3.44. The van der Waals surface area contributed by atoms with Crippen LogP contribution in [0.1, 0.15) is 11.1 Å². The van der Waals surface area contributed by atoms with Gasteiger partial charge >= 0.3 is 5.97 Å². The van der Waals surface area contributed by atoms with Crippen molar-refractivity contribution in [3.63, 3.8) is 0 Å². The highest BCUT2D eigenvalue weighted by Crippen LogP contribution is 2.32. The van der Waals surface area contributed by atoms with Crippen LogP contribution < -0.4 is 11.1 Å². The number of aliphatic carboxylic acids is 1. The first-order valence-electron chi connectivity index (χ1n) is 9.35. The molecule has 0 fully saturated rings. The van der Waals surface area contributed by atoms with Crippen LogP contribution in [0.5, 0.6) is 0 Å². The van der Waals surface area contributed by atoms with Gasteiger partial charge in [0.15, 0.2) is 5.17 Å². The number of aliphatic imine (C=N–C) groups is 1. The molecule has 0 aliphatic carbocycles. The molecule has 0 radical (unpaired) electrons. The lowest BCUT2D eigenvalue weighted by Gasteiger charge is -2.06. The molecule has 0 atom stereocenters. The van der Waals surface area contributed by atoms with Crippen molar-refractivity contribution in [1.82, 2.24) is 4.57 Å². The van der Waals surface area contributed by atoms with Crippen LogP contribution in [0.25, 0.3) is 17.0 Å². The molecule has 0 unspecified atom stereocenters. The number of amides is 2. The van der Waals surface area contributed by atoms with Crippen LogP contribution in [0.4, 0.5) is 5.69 Å². The minimum absolute atomic E-state index is 0.0424. The lowest BCUT2D eigenvalue weighted by atomic mass is 10.1. The van der Waals surface area contributed by atoms with Gasteiger partial charge in [-0.15, -0.1) is 0 Å². The summed E-state index contributed by atoms with van der Waals surface area (Å²) in [6.45, 7) is 0.0424. The van der Waals surface area contributed by atoms with E-state index in [0.717, 1.165) is 16.5 Å². The Morgan fingerprint density at radius 2 is 2.00 bits per heavy atom. The van der Waals surface area contributed by atoms with Crippen LogP contribution in [0.15, 0.2) is 64.6 Å². The smallest absolute Gasteiger partial charge is 0.307 e. The molecule has 2 amide bonds. The number of thioether (sulfide) groups is 1. The average molecular weight is 434 g/mol. The van der Waals surface area contributed by atoms with Crippen molar-refractivity contribution in [2.45, 2.75) is 13.0 Å². The molecule has 156 valence electrons. The normalized spacial score (nSPS) is 14.8. The van der Waals surface area contributed by atoms with Gasteiger partial charge < -0.3 is 20.7 Å². The minimum atomic E-state index is -0.916. The Morgan fingerprint density at radius 1 is 1.19 bits per heavy atom. The largest absolute Gasteiger partial charge is 0.481 e. The molecule has 4 N–H and O–H groups in total. The summed E-state index contributed by atoms with van der Waals surface area (Å²) in [7, 11) is 0. The lowest BCUT2D eigenvalue weighted by Crippen LogP contribution is -2.17. The SMILES string of the molecule is NC(=O)Cn1cc(/C=C2/SC(Nc3cccc(CC(=O)O)c3)=NC2=O)c2ccccc21. The first kappa shape index (κ1) is 20.4. The summed E-state index contributed by atoms with van der Waals surface area (Å²) in [4.78, 5) is 39.2. The molecule has 1 aliphatic heterocycles. The Balaban J connectivity index is 1.56. The molecule has 0 spiro atoms. The Bertz CT molecular complexity index is 1280. The summed E-state index contributed by atoms with van der Waals surface area (Å²) in [5.41, 5.74) is 8.27. The second-order valence-corrected chi connectivity index (χ2v) is 7.96. The molecule has 2 aromatic carbocycles. The molecular weight excluding hydrogens is 416 g/mol. The maximum absolute atomic E-state index is 12.4. The van der Waals surface area contributed by atoms with Gasteiger partial charge in [-0.1, -0.05) is 30.3 Å². The molecule has 9 heteroatoms. The van der Waals surface area contributed by atoms with E-state index in [-0.39, 0.29) is 18.9 Å². The zero-order chi connectivity index (χ0) is 22.0. The fourth-order valence-corrected chi connectivity index (χ4v) is 4.17. The third-order valence-corrected chi connectivity index (χ3v) is 5.49. The Labute approximate surface area is 181 Å². The number of nitrogens with one attached hydrogen (secondary N) is 1. The monoisotopic (exact) mass is 434 g/mol. The van der Waals surface area contributed by atoms with Crippen LogP contribution in [0.3, 0.4) is 0 Å². The molecule has 0 saturated carbocycles. The van der Waals surface area contributed by atoms with Gasteiger partial charge in [0.2, 0.25) is 5.91 Å². The number of para-hydroxylation sites is 1. The Morgan fingerprint density at radius 3 is 2.77 bits per heavy atom. The molecular formula is C22H18N4O4S. The van der Waals surface area contributed by atoms with Crippen LogP contribution in [-0.2, 0) is 27.3 Å². The third-order valence-electron chi connectivity index (χ3n) is 4.59. The summed E-state index contributed by atoms with van der Waals surface area (Å²) >= 11 is 1.19. The van der Waals surface area contributed by atoms with Crippen LogP contribution in [-0.4, -0.2) is 32.6 Å². The van der Waals surface area contributed by atoms with Crippen LogP contribution >= 0.6 is 11.8 Å². The van der Waals surface area contributed by atoms with E-state index in [1.165, 1.54) is 11.8 Å². The van der Waals surface area contributed by atoms with Gasteiger partial charge in [0.05, 0.1) is 11.3 Å².